The third kappa shape index (κ3) is 2.37. The molecule has 0 N–H and O–H groups in total. The first-order chi connectivity index (χ1) is 8.66. The maximum Gasteiger partial charge on any atom is 0.220 e. The molecule has 0 aliphatic carbocycles. The average Bonchev–Trinajstić information content (AvgIpc) is 2.36. The Kier molecular flexibility index (Phi) is 4.22. The van der Waals surface area contributed by atoms with Crippen LogP contribution in [0.4, 0.5) is 0 Å². The Morgan fingerprint density at radius 2 is 1.89 bits per heavy atom. The lowest BCUT2D eigenvalue weighted by Gasteiger charge is -2.50. The van der Waals surface area contributed by atoms with Gasteiger partial charge < -0.3 is 4.57 Å². The second-order valence-corrected chi connectivity index (χ2v) is 8.19. The summed E-state index contributed by atoms with van der Waals surface area (Å²) >= 11 is 0. The molecule has 0 spiro atoms. The monoisotopic (exact) mass is 261 g/mol. The van der Waals surface area contributed by atoms with Crippen LogP contribution in [0.25, 0.3) is 0 Å². The number of unbranched alkanes of at least 4 members (excludes halogenated alkanes) is 1. The molecule has 1 fully saturated rings. The Hall–Kier alpha value is -1.09. The highest BCUT2D eigenvalue weighted by atomic mass is 28.3. The van der Waals surface area contributed by atoms with Crippen LogP contribution in [0.15, 0.2) is 30.3 Å². The third-order valence-electron chi connectivity index (χ3n) is 3.82. The summed E-state index contributed by atoms with van der Waals surface area (Å²) < 4.78 is 2.18. The van der Waals surface area contributed by atoms with Crippen molar-refractivity contribution in [2.24, 2.45) is 5.92 Å². The van der Waals surface area contributed by atoms with Crippen molar-refractivity contribution in [3.05, 3.63) is 35.9 Å². The van der Waals surface area contributed by atoms with Gasteiger partial charge >= 0.3 is 0 Å². The molecule has 2 rings (SSSR count). The molecule has 0 bridgehead atoms. The van der Waals surface area contributed by atoms with Crippen LogP contribution in [0, 0.1) is 5.92 Å². The van der Waals surface area contributed by atoms with E-state index in [0.717, 1.165) is 12.8 Å². The van der Waals surface area contributed by atoms with Gasteiger partial charge in [-0.05, 0) is 12.0 Å². The first kappa shape index (κ1) is 13.3. The fraction of sp³-hybridized carbons (Fsp3) is 0.533. The van der Waals surface area contributed by atoms with Crippen LogP contribution in [-0.4, -0.2) is 19.4 Å². The Bertz CT molecular complexity index is 404. The van der Waals surface area contributed by atoms with Crippen molar-refractivity contribution in [3.8, 4) is 0 Å². The Morgan fingerprint density at radius 3 is 2.44 bits per heavy atom. The van der Waals surface area contributed by atoms with Crippen molar-refractivity contribution in [1.29, 1.82) is 0 Å². The van der Waals surface area contributed by atoms with Gasteiger partial charge in [0.2, 0.25) is 5.91 Å². The first-order valence-electron chi connectivity index (χ1n) is 7.04. The maximum atomic E-state index is 12.3. The Labute approximate surface area is 112 Å². The molecule has 1 aromatic carbocycles. The summed E-state index contributed by atoms with van der Waals surface area (Å²) in [5.74, 6) is 0.640. The van der Waals surface area contributed by atoms with Crippen molar-refractivity contribution in [2.45, 2.75) is 45.3 Å². The van der Waals surface area contributed by atoms with Crippen molar-refractivity contribution >= 4 is 14.9 Å². The second kappa shape index (κ2) is 5.70. The van der Waals surface area contributed by atoms with Crippen LogP contribution in [-0.2, 0) is 4.79 Å². The topological polar surface area (TPSA) is 20.3 Å². The Morgan fingerprint density at radius 1 is 1.22 bits per heavy atom. The molecular weight excluding hydrogens is 238 g/mol. The van der Waals surface area contributed by atoms with Gasteiger partial charge in [0.1, 0.15) is 8.96 Å². The molecule has 2 unspecified atom stereocenters. The van der Waals surface area contributed by atoms with Crippen LogP contribution < -0.4 is 0 Å². The number of rotatable bonds is 5. The molecule has 1 heterocycles. The molecule has 1 amide bonds. The normalized spacial score (nSPS) is 23.3. The van der Waals surface area contributed by atoms with Crippen molar-refractivity contribution in [1.82, 2.24) is 4.57 Å². The van der Waals surface area contributed by atoms with E-state index in [2.05, 4.69) is 48.8 Å². The van der Waals surface area contributed by atoms with E-state index >= 15 is 0 Å². The maximum absolute atomic E-state index is 12.3. The molecule has 98 valence electrons. The number of β-lactam (4-membered cyclic amide) rings is 1. The summed E-state index contributed by atoms with van der Waals surface area (Å²) in [4.78, 5) is 12.3. The van der Waals surface area contributed by atoms with Gasteiger partial charge in [-0.2, -0.15) is 0 Å². The summed E-state index contributed by atoms with van der Waals surface area (Å²) in [6.45, 7) is 6.67. The second-order valence-electron chi connectivity index (χ2n) is 5.44. The van der Waals surface area contributed by atoms with E-state index in [0.29, 0.717) is 11.9 Å². The zero-order chi connectivity index (χ0) is 13.1. The lowest BCUT2D eigenvalue weighted by atomic mass is 9.81. The van der Waals surface area contributed by atoms with Crippen LogP contribution in [0.2, 0.25) is 13.1 Å². The van der Waals surface area contributed by atoms with Gasteiger partial charge in [0.15, 0.2) is 0 Å². The van der Waals surface area contributed by atoms with Crippen LogP contribution in [0.5, 0.6) is 0 Å². The largest absolute Gasteiger partial charge is 0.365 e. The molecule has 0 aromatic heterocycles. The fourth-order valence-corrected chi connectivity index (χ4v) is 4.62. The van der Waals surface area contributed by atoms with E-state index in [1.54, 1.807) is 0 Å². The predicted octanol–water partition coefficient (Wildman–Crippen LogP) is 3.36. The highest BCUT2D eigenvalue weighted by molar-refractivity contribution is 6.56. The van der Waals surface area contributed by atoms with E-state index in [9.17, 15) is 4.79 Å². The van der Waals surface area contributed by atoms with Gasteiger partial charge in [-0.1, -0.05) is 63.2 Å². The summed E-state index contributed by atoms with van der Waals surface area (Å²) in [7, 11) is -1.05. The van der Waals surface area contributed by atoms with Gasteiger partial charge in [0.05, 0.1) is 12.0 Å². The number of amides is 1. The van der Waals surface area contributed by atoms with Crippen LogP contribution >= 0.6 is 0 Å². The third-order valence-corrected chi connectivity index (χ3v) is 5.51. The van der Waals surface area contributed by atoms with Crippen molar-refractivity contribution in [2.75, 3.05) is 0 Å². The van der Waals surface area contributed by atoms with Crippen LogP contribution in [0.3, 0.4) is 0 Å². The molecule has 1 aromatic rings. The van der Waals surface area contributed by atoms with Crippen molar-refractivity contribution in [3.63, 3.8) is 0 Å². The molecule has 2 nitrogen and oxygen atoms in total. The quantitative estimate of drug-likeness (QED) is 0.588. The van der Waals surface area contributed by atoms with Crippen molar-refractivity contribution < 1.29 is 4.79 Å². The number of nitrogens with zero attached hydrogens (tertiary/aromatic N) is 1. The first-order valence-corrected chi connectivity index (χ1v) is 9.86. The lowest BCUT2D eigenvalue weighted by Crippen LogP contribution is -2.59. The smallest absolute Gasteiger partial charge is 0.220 e. The fourth-order valence-electron chi connectivity index (χ4n) is 2.90. The van der Waals surface area contributed by atoms with Gasteiger partial charge in [-0.3, -0.25) is 4.79 Å². The van der Waals surface area contributed by atoms with Crippen LogP contribution in [0.1, 0.15) is 37.8 Å². The highest BCUT2D eigenvalue weighted by Crippen LogP contribution is 2.43. The highest BCUT2D eigenvalue weighted by Gasteiger charge is 2.47. The zero-order valence-corrected chi connectivity index (χ0v) is 12.8. The van der Waals surface area contributed by atoms with E-state index in [1.807, 2.05) is 6.07 Å². The minimum Gasteiger partial charge on any atom is -0.365 e. The molecule has 0 radical (unpaired) electrons. The molecule has 0 saturated carbocycles. The minimum atomic E-state index is -1.05. The molecule has 1 aliphatic heterocycles. The minimum absolute atomic E-state index is 0.238. The molecule has 1 saturated heterocycles. The summed E-state index contributed by atoms with van der Waals surface area (Å²) in [6.07, 6.45) is 3.38. The number of hydrogen-bond acceptors (Lipinski definition) is 1. The number of hydrogen-bond donors (Lipinski definition) is 0. The molecule has 3 heteroatoms. The molecule has 18 heavy (non-hydrogen) atoms. The standard InChI is InChI=1S/C15H23NOSi/c1-4-5-11-13-14(12-9-7-6-8-10-12)16(15(13)17)18(2)3/h6-10,13-14,18H,4-5,11H2,1-3H3. The van der Waals surface area contributed by atoms with Gasteiger partial charge in [0, 0.05) is 0 Å². The van der Waals surface area contributed by atoms with E-state index < -0.39 is 8.96 Å². The zero-order valence-electron chi connectivity index (χ0n) is 11.6. The summed E-state index contributed by atoms with van der Waals surface area (Å²) in [5, 5.41) is 0. The average molecular weight is 261 g/mol. The van der Waals surface area contributed by atoms with Gasteiger partial charge in [-0.15, -0.1) is 0 Å². The van der Waals surface area contributed by atoms with Gasteiger partial charge in [0.25, 0.3) is 0 Å². The SMILES string of the molecule is CCCCC1C(=O)N([SiH](C)C)C1c1ccccc1. The van der Waals surface area contributed by atoms with E-state index in [4.69, 9.17) is 0 Å². The molecule has 2 atom stereocenters. The van der Waals surface area contributed by atoms with E-state index in [1.165, 1.54) is 12.0 Å². The Balaban J connectivity index is 2.19. The summed E-state index contributed by atoms with van der Waals surface area (Å²) in [5.41, 5.74) is 1.32. The predicted molar refractivity (Wildman–Crippen MR) is 77.9 cm³/mol. The molecular formula is C15H23NOSi. The van der Waals surface area contributed by atoms with E-state index in [-0.39, 0.29) is 5.92 Å². The number of carbonyl (C=O) groups is 1. The number of carbonyl (C=O) groups excluding carboxylic acids is 1. The van der Waals surface area contributed by atoms with Gasteiger partial charge in [-0.25, -0.2) is 0 Å². The molecule has 1 aliphatic rings. The lowest BCUT2D eigenvalue weighted by molar-refractivity contribution is -0.148. The number of benzene rings is 1. The summed E-state index contributed by atoms with van der Waals surface area (Å²) in [6, 6.07) is 10.9.